The van der Waals surface area contributed by atoms with Crippen molar-refractivity contribution in [3.63, 3.8) is 0 Å². The number of hydrogen-bond donors (Lipinski definition) is 1. The lowest BCUT2D eigenvalue weighted by Gasteiger charge is -2.09. The minimum Gasteiger partial charge on any atom is -0.250 e. The summed E-state index contributed by atoms with van der Waals surface area (Å²) in [6.45, 7) is 3.06. The van der Waals surface area contributed by atoms with Gasteiger partial charge in [0.05, 0.1) is 0 Å². The molecule has 1 heterocycles. The summed E-state index contributed by atoms with van der Waals surface area (Å²) in [6.07, 6.45) is 0. The molecule has 2 nitrogen and oxygen atoms in total. The van der Waals surface area contributed by atoms with E-state index in [4.69, 9.17) is 0 Å². The molecule has 3 heteroatoms. The number of rotatable bonds is 3. The van der Waals surface area contributed by atoms with Crippen molar-refractivity contribution in [2.75, 3.05) is 14.1 Å². The first-order chi connectivity index (χ1) is 5.18. The number of hydrogen-bond acceptors (Lipinski definition) is 3. The molecule has 0 saturated carbocycles. The van der Waals surface area contributed by atoms with Crippen molar-refractivity contribution in [1.29, 1.82) is 0 Å². The average molecular weight is 170 g/mol. The minimum atomic E-state index is 0.936. The summed E-state index contributed by atoms with van der Waals surface area (Å²) in [5, 5.41) is 1.97. The summed E-state index contributed by atoms with van der Waals surface area (Å²) >= 11 is 1.84. The van der Waals surface area contributed by atoms with E-state index in [0.29, 0.717) is 0 Å². The van der Waals surface area contributed by atoms with Gasteiger partial charge < -0.3 is 0 Å². The summed E-state index contributed by atoms with van der Waals surface area (Å²) in [5.41, 5.74) is 3.22. The van der Waals surface area contributed by atoms with Crippen LogP contribution in [0.2, 0.25) is 0 Å². The van der Waals surface area contributed by atoms with Crippen LogP contribution in [-0.2, 0) is 6.54 Å². The molecule has 1 aromatic heterocycles. The van der Waals surface area contributed by atoms with Crippen LogP contribution in [0.1, 0.15) is 9.75 Å². The van der Waals surface area contributed by atoms with Crippen LogP contribution in [0.4, 0.5) is 0 Å². The molecule has 0 fully saturated rings. The molecule has 1 rings (SSSR count). The van der Waals surface area contributed by atoms with Gasteiger partial charge in [0.1, 0.15) is 0 Å². The maximum atomic E-state index is 3.22. The SMILES string of the molecule is Cc1ccc(CNN(C)C)s1. The monoisotopic (exact) mass is 170 g/mol. The van der Waals surface area contributed by atoms with Gasteiger partial charge in [-0.15, -0.1) is 11.3 Å². The van der Waals surface area contributed by atoms with Crippen LogP contribution in [0.15, 0.2) is 12.1 Å². The number of nitrogens with zero attached hydrogens (tertiary/aromatic N) is 1. The zero-order valence-corrected chi connectivity index (χ0v) is 8.03. The van der Waals surface area contributed by atoms with Gasteiger partial charge in [-0.2, -0.15) is 0 Å². The average Bonchev–Trinajstić information content (AvgIpc) is 2.31. The van der Waals surface area contributed by atoms with E-state index < -0.39 is 0 Å². The molecular formula is C8H14N2S. The number of thiophene rings is 1. The van der Waals surface area contributed by atoms with E-state index in [0.717, 1.165) is 6.54 Å². The van der Waals surface area contributed by atoms with Crippen molar-refractivity contribution in [1.82, 2.24) is 10.4 Å². The van der Waals surface area contributed by atoms with Crippen LogP contribution in [0.25, 0.3) is 0 Å². The van der Waals surface area contributed by atoms with Gasteiger partial charge in [0.25, 0.3) is 0 Å². The van der Waals surface area contributed by atoms with Crippen molar-refractivity contribution in [3.05, 3.63) is 21.9 Å². The highest BCUT2D eigenvalue weighted by Crippen LogP contribution is 2.14. The largest absolute Gasteiger partial charge is 0.250 e. The molecule has 1 N–H and O–H groups in total. The second-order valence-electron chi connectivity index (χ2n) is 2.74. The Morgan fingerprint density at radius 2 is 2.18 bits per heavy atom. The fourth-order valence-corrected chi connectivity index (χ4v) is 1.64. The Labute approximate surface area is 71.8 Å². The molecular weight excluding hydrogens is 156 g/mol. The third-order valence-electron chi connectivity index (χ3n) is 1.37. The first kappa shape index (κ1) is 8.71. The van der Waals surface area contributed by atoms with Crippen molar-refractivity contribution in [3.8, 4) is 0 Å². The highest BCUT2D eigenvalue weighted by atomic mass is 32.1. The van der Waals surface area contributed by atoms with Crippen LogP contribution in [0.5, 0.6) is 0 Å². The lowest BCUT2D eigenvalue weighted by Crippen LogP contribution is -2.29. The van der Waals surface area contributed by atoms with Gasteiger partial charge >= 0.3 is 0 Å². The van der Waals surface area contributed by atoms with E-state index in [-0.39, 0.29) is 0 Å². The van der Waals surface area contributed by atoms with Crippen molar-refractivity contribution >= 4 is 11.3 Å². The van der Waals surface area contributed by atoms with Crippen LogP contribution in [-0.4, -0.2) is 19.1 Å². The summed E-state index contributed by atoms with van der Waals surface area (Å²) < 4.78 is 0. The molecule has 62 valence electrons. The van der Waals surface area contributed by atoms with Crippen molar-refractivity contribution < 1.29 is 0 Å². The highest BCUT2D eigenvalue weighted by Gasteiger charge is 1.95. The van der Waals surface area contributed by atoms with Crippen LogP contribution in [0.3, 0.4) is 0 Å². The van der Waals surface area contributed by atoms with E-state index in [1.165, 1.54) is 9.75 Å². The normalized spacial score (nSPS) is 10.9. The molecule has 0 atom stereocenters. The predicted molar refractivity (Wildman–Crippen MR) is 49.6 cm³/mol. The topological polar surface area (TPSA) is 15.3 Å². The maximum absolute atomic E-state index is 3.22. The zero-order chi connectivity index (χ0) is 8.27. The summed E-state index contributed by atoms with van der Waals surface area (Å²) in [5.74, 6) is 0. The Morgan fingerprint density at radius 1 is 1.45 bits per heavy atom. The van der Waals surface area contributed by atoms with E-state index in [2.05, 4.69) is 24.5 Å². The summed E-state index contributed by atoms with van der Waals surface area (Å²) in [7, 11) is 4.00. The molecule has 1 aromatic rings. The predicted octanol–water partition coefficient (Wildman–Crippen LogP) is 1.62. The number of nitrogens with one attached hydrogen (secondary N) is 1. The first-order valence-electron chi connectivity index (χ1n) is 3.64. The van der Waals surface area contributed by atoms with E-state index >= 15 is 0 Å². The fraction of sp³-hybridized carbons (Fsp3) is 0.500. The van der Waals surface area contributed by atoms with Gasteiger partial charge in [0.2, 0.25) is 0 Å². The van der Waals surface area contributed by atoms with Crippen LogP contribution < -0.4 is 5.43 Å². The van der Waals surface area contributed by atoms with Gasteiger partial charge in [-0.05, 0) is 19.1 Å². The van der Waals surface area contributed by atoms with Crippen LogP contribution in [0, 0.1) is 6.92 Å². The van der Waals surface area contributed by atoms with Gasteiger partial charge in [-0.3, -0.25) is 10.4 Å². The molecule has 0 bridgehead atoms. The summed E-state index contributed by atoms with van der Waals surface area (Å²) in [6, 6.07) is 4.31. The Balaban J connectivity index is 2.39. The van der Waals surface area contributed by atoms with Gasteiger partial charge in [-0.25, -0.2) is 0 Å². The number of aryl methyl sites for hydroxylation is 1. The number of hydrazine groups is 1. The molecule has 0 spiro atoms. The van der Waals surface area contributed by atoms with E-state index in [9.17, 15) is 0 Å². The maximum Gasteiger partial charge on any atom is 0.0447 e. The zero-order valence-electron chi connectivity index (χ0n) is 7.22. The third kappa shape index (κ3) is 3.01. The van der Waals surface area contributed by atoms with Crippen LogP contribution >= 0.6 is 11.3 Å². The van der Waals surface area contributed by atoms with E-state index in [1.54, 1.807) is 0 Å². The van der Waals surface area contributed by atoms with E-state index in [1.807, 2.05) is 30.4 Å². The molecule has 0 aromatic carbocycles. The Morgan fingerprint density at radius 3 is 2.64 bits per heavy atom. The van der Waals surface area contributed by atoms with Gasteiger partial charge in [0, 0.05) is 30.4 Å². The lowest BCUT2D eigenvalue weighted by molar-refractivity contribution is 0.287. The second-order valence-corrected chi connectivity index (χ2v) is 4.11. The molecule has 0 amide bonds. The molecule has 0 aliphatic carbocycles. The van der Waals surface area contributed by atoms with Gasteiger partial charge in [-0.1, -0.05) is 0 Å². The first-order valence-corrected chi connectivity index (χ1v) is 4.46. The van der Waals surface area contributed by atoms with Gasteiger partial charge in [0.15, 0.2) is 0 Å². The standard InChI is InChI=1S/C8H14N2S/c1-7-4-5-8(11-7)6-9-10(2)3/h4-5,9H,6H2,1-3H3. The second kappa shape index (κ2) is 3.85. The summed E-state index contributed by atoms with van der Waals surface area (Å²) in [4.78, 5) is 2.76. The molecule has 0 saturated heterocycles. The smallest absolute Gasteiger partial charge is 0.0447 e. The molecule has 0 aliphatic heterocycles. The molecule has 0 aliphatic rings. The Bertz CT molecular complexity index is 218. The molecule has 11 heavy (non-hydrogen) atoms. The third-order valence-corrected chi connectivity index (χ3v) is 2.37. The molecule has 0 unspecified atom stereocenters. The Kier molecular flexibility index (Phi) is 3.05. The molecule has 0 radical (unpaired) electrons. The minimum absolute atomic E-state index is 0.936. The lowest BCUT2D eigenvalue weighted by atomic mass is 10.4. The quantitative estimate of drug-likeness (QED) is 0.693. The highest BCUT2D eigenvalue weighted by molar-refractivity contribution is 7.11. The Hall–Kier alpha value is -0.380. The fourth-order valence-electron chi connectivity index (χ4n) is 0.816. The van der Waals surface area contributed by atoms with Crippen molar-refractivity contribution in [2.45, 2.75) is 13.5 Å². The van der Waals surface area contributed by atoms with Crippen molar-refractivity contribution in [2.24, 2.45) is 0 Å².